The molecule has 0 bridgehead atoms. The second kappa shape index (κ2) is 9.40. The van der Waals surface area contributed by atoms with Gasteiger partial charge in [0.2, 0.25) is 0 Å². The van der Waals surface area contributed by atoms with Crippen LogP contribution in [0.3, 0.4) is 0 Å². The third kappa shape index (κ3) is 4.96. The van der Waals surface area contributed by atoms with Crippen molar-refractivity contribution in [2.45, 2.75) is 37.6 Å². The monoisotopic (exact) mass is 468 g/mol. The summed E-state index contributed by atoms with van der Waals surface area (Å²) in [6.45, 7) is 0.979. The second-order valence-electron chi connectivity index (χ2n) is 7.64. The zero-order valence-corrected chi connectivity index (χ0v) is 17.5. The molecule has 0 spiro atoms. The molecule has 2 heterocycles. The maximum atomic E-state index is 13.8. The van der Waals surface area contributed by atoms with Gasteiger partial charge in [0, 0.05) is 24.2 Å². The van der Waals surface area contributed by atoms with E-state index >= 15 is 0 Å². The number of aromatic nitrogens is 4. The van der Waals surface area contributed by atoms with Crippen molar-refractivity contribution < 1.29 is 26.7 Å². The Hall–Kier alpha value is -3.12. The van der Waals surface area contributed by atoms with Crippen LogP contribution in [0.4, 0.5) is 22.0 Å². The largest absolute Gasteiger partial charge is 0.496 e. The van der Waals surface area contributed by atoms with Crippen molar-refractivity contribution in [2.24, 2.45) is 0 Å². The molecule has 0 saturated carbocycles. The van der Waals surface area contributed by atoms with Gasteiger partial charge in [0.1, 0.15) is 5.75 Å². The number of benzene rings is 2. The molecule has 12 heteroatoms. The summed E-state index contributed by atoms with van der Waals surface area (Å²) in [7, 11) is 1.46. The third-order valence-electron chi connectivity index (χ3n) is 5.55. The molecule has 0 aliphatic carbocycles. The summed E-state index contributed by atoms with van der Waals surface area (Å²) in [6.07, 6.45) is -3.08. The molecular formula is C21H21F5N6O. The molecule has 2 aromatic carbocycles. The third-order valence-corrected chi connectivity index (χ3v) is 5.55. The van der Waals surface area contributed by atoms with Gasteiger partial charge in [0.05, 0.1) is 12.8 Å². The van der Waals surface area contributed by atoms with E-state index in [4.69, 9.17) is 4.74 Å². The van der Waals surface area contributed by atoms with Gasteiger partial charge in [-0.25, -0.2) is 8.78 Å². The minimum Gasteiger partial charge on any atom is -0.496 e. The Morgan fingerprint density at radius 3 is 2.70 bits per heavy atom. The molecule has 7 nitrogen and oxygen atoms in total. The molecule has 1 aromatic heterocycles. The molecule has 2 unspecified atom stereocenters. The number of ether oxygens (including phenoxy) is 1. The van der Waals surface area contributed by atoms with E-state index < -0.39 is 23.6 Å². The van der Waals surface area contributed by atoms with Crippen molar-refractivity contribution in [1.82, 2.24) is 30.8 Å². The van der Waals surface area contributed by atoms with Gasteiger partial charge in [0.15, 0.2) is 11.6 Å². The van der Waals surface area contributed by atoms with E-state index in [1.54, 1.807) is 6.07 Å². The SMILES string of the molecule is COc1ccc(-n2nnnc2C(F)(F)F)cc1CNC1CCCNC1c1ccc(F)c(F)c1. The van der Waals surface area contributed by atoms with Crippen molar-refractivity contribution >= 4 is 0 Å². The Morgan fingerprint density at radius 1 is 1.15 bits per heavy atom. The van der Waals surface area contributed by atoms with Crippen molar-refractivity contribution in [1.29, 1.82) is 0 Å². The zero-order chi connectivity index (χ0) is 23.6. The first-order valence-electron chi connectivity index (χ1n) is 10.2. The molecule has 0 radical (unpaired) electrons. The Morgan fingerprint density at radius 2 is 1.97 bits per heavy atom. The fourth-order valence-electron chi connectivity index (χ4n) is 3.98. The summed E-state index contributed by atoms with van der Waals surface area (Å²) in [4.78, 5) is 0. The number of methoxy groups -OCH3 is 1. The molecule has 176 valence electrons. The minimum absolute atomic E-state index is 0.129. The van der Waals surface area contributed by atoms with Gasteiger partial charge in [-0.2, -0.15) is 17.9 Å². The summed E-state index contributed by atoms with van der Waals surface area (Å²) >= 11 is 0. The molecule has 2 N–H and O–H groups in total. The van der Waals surface area contributed by atoms with E-state index in [9.17, 15) is 22.0 Å². The van der Waals surface area contributed by atoms with Crippen molar-refractivity contribution in [3.05, 3.63) is 65.0 Å². The Bertz CT molecular complexity index is 1120. The maximum Gasteiger partial charge on any atom is 0.453 e. The summed E-state index contributed by atoms with van der Waals surface area (Å²) in [5, 5.41) is 16.4. The van der Waals surface area contributed by atoms with Gasteiger partial charge >= 0.3 is 6.18 Å². The molecule has 1 aliphatic rings. The minimum atomic E-state index is -4.72. The van der Waals surface area contributed by atoms with Crippen LogP contribution in [0.2, 0.25) is 0 Å². The maximum absolute atomic E-state index is 13.8. The Labute approximate surface area is 185 Å². The van der Waals surface area contributed by atoms with Crippen LogP contribution in [0, 0.1) is 11.6 Å². The van der Waals surface area contributed by atoms with Crippen molar-refractivity contribution in [3.63, 3.8) is 0 Å². The van der Waals surface area contributed by atoms with Crippen LogP contribution in [0.1, 0.15) is 35.8 Å². The highest BCUT2D eigenvalue weighted by Gasteiger charge is 2.38. The van der Waals surface area contributed by atoms with Gasteiger partial charge < -0.3 is 15.4 Å². The van der Waals surface area contributed by atoms with Crippen LogP contribution in [-0.2, 0) is 12.7 Å². The van der Waals surface area contributed by atoms with Crippen LogP contribution in [0.25, 0.3) is 5.69 Å². The number of nitrogens with zero attached hydrogens (tertiary/aromatic N) is 4. The van der Waals surface area contributed by atoms with Crippen LogP contribution in [0.15, 0.2) is 36.4 Å². The van der Waals surface area contributed by atoms with Gasteiger partial charge in [-0.1, -0.05) is 6.07 Å². The highest BCUT2D eigenvalue weighted by molar-refractivity contribution is 5.44. The first-order valence-corrected chi connectivity index (χ1v) is 10.2. The highest BCUT2D eigenvalue weighted by atomic mass is 19.4. The first kappa shape index (κ1) is 23.1. The smallest absolute Gasteiger partial charge is 0.453 e. The van der Waals surface area contributed by atoms with E-state index in [1.165, 1.54) is 31.4 Å². The van der Waals surface area contributed by atoms with Gasteiger partial charge in [-0.15, -0.1) is 5.10 Å². The molecule has 3 aromatic rings. The van der Waals surface area contributed by atoms with Gasteiger partial charge in [-0.3, -0.25) is 0 Å². The molecule has 4 rings (SSSR count). The molecule has 1 fully saturated rings. The van der Waals surface area contributed by atoms with E-state index in [2.05, 4.69) is 26.2 Å². The summed E-state index contributed by atoms with van der Waals surface area (Å²) in [5.41, 5.74) is 1.33. The number of hydrogen-bond acceptors (Lipinski definition) is 6. The molecule has 1 saturated heterocycles. The predicted octanol–water partition coefficient (Wildman–Crippen LogP) is 3.55. The molecule has 33 heavy (non-hydrogen) atoms. The predicted molar refractivity (Wildman–Crippen MR) is 108 cm³/mol. The molecular weight excluding hydrogens is 447 g/mol. The average Bonchev–Trinajstić information content (AvgIpc) is 3.30. The van der Waals surface area contributed by atoms with E-state index in [0.29, 0.717) is 21.6 Å². The lowest BCUT2D eigenvalue weighted by Crippen LogP contribution is -2.45. The number of rotatable bonds is 6. The van der Waals surface area contributed by atoms with E-state index in [-0.39, 0.29) is 24.3 Å². The summed E-state index contributed by atoms with van der Waals surface area (Å²) in [5.74, 6) is -2.60. The van der Waals surface area contributed by atoms with E-state index in [0.717, 1.165) is 25.5 Å². The van der Waals surface area contributed by atoms with Crippen molar-refractivity contribution in [2.75, 3.05) is 13.7 Å². The number of tetrazole rings is 1. The van der Waals surface area contributed by atoms with E-state index in [1.807, 2.05) is 0 Å². The topological polar surface area (TPSA) is 76.9 Å². The molecule has 2 atom stereocenters. The molecule has 1 aliphatic heterocycles. The van der Waals surface area contributed by atoms with Crippen LogP contribution in [-0.4, -0.2) is 39.9 Å². The zero-order valence-electron chi connectivity index (χ0n) is 17.5. The normalized spacial score (nSPS) is 19.0. The van der Waals surface area contributed by atoms with Gasteiger partial charge in [0.25, 0.3) is 5.82 Å². The Balaban J connectivity index is 1.57. The highest BCUT2D eigenvalue weighted by Crippen LogP contribution is 2.30. The fourth-order valence-corrected chi connectivity index (χ4v) is 3.98. The van der Waals surface area contributed by atoms with Crippen LogP contribution in [0.5, 0.6) is 5.75 Å². The average molecular weight is 468 g/mol. The second-order valence-corrected chi connectivity index (χ2v) is 7.64. The number of piperidine rings is 1. The summed E-state index contributed by atoms with van der Waals surface area (Å²) < 4.78 is 72.7. The first-order chi connectivity index (χ1) is 15.8. The number of halogens is 5. The standard InChI is InChI=1S/C21H21F5N6O/c1-33-18-7-5-14(32-20(21(24,25)26)29-30-31-32)9-13(18)11-28-17-3-2-8-27-19(17)12-4-6-15(22)16(23)10-12/h4-7,9-10,17,19,27-28H,2-3,8,11H2,1H3. The van der Waals surface area contributed by atoms with Crippen molar-refractivity contribution in [3.8, 4) is 11.4 Å². The number of alkyl halides is 3. The lowest BCUT2D eigenvalue weighted by molar-refractivity contribution is -0.146. The van der Waals surface area contributed by atoms with Crippen LogP contribution < -0.4 is 15.4 Å². The Kier molecular flexibility index (Phi) is 6.56. The summed E-state index contributed by atoms with van der Waals surface area (Å²) in [6, 6.07) is 7.89. The number of nitrogens with one attached hydrogen (secondary N) is 2. The molecule has 0 amide bonds. The lowest BCUT2D eigenvalue weighted by atomic mass is 9.92. The van der Waals surface area contributed by atoms with Gasteiger partial charge in [-0.05, 0) is 65.7 Å². The lowest BCUT2D eigenvalue weighted by Gasteiger charge is -2.34. The fraction of sp³-hybridized carbons (Fsp3) is 0.381. The quantitative estimate of drug-likeness (QED) is 0.539. The number of hydrogen-bond donors (Lipinski definition) is 2. The van der Waals surface area contributed by atoms with Crippen LogP contribution >= 0.6 is 0 Å².